The summed E-state index contributed by atoms with van der Waals surface area (Å²) in [6, 6.07) is 0. The van der Waals surface area contributed by atoms with Crippen molar-refractivity contribution in [3.8, 4) is 0 Å². The molecule has 1 fully saturated rings. The maximum absolute atomic E-state index is 12.0. The van der Waals surface area contributed by atoms with Gasteiger partial charge in [0.2, 0.25) is 9.84 Å². The minimum absolute atomic E-state index is 0.0451. The van der Waals surface area contributed by atoms with E-state index in [2.05, 4.69) is 0 Å². The third-order valence-electron chi connectivity index (χ3n) is 2.05. The van der Waals surface area contributed by atoms with Crippen LogP contribution in [0, 0.1) is 5.25 Å². The van der Waals surface area contributed by atoms with Crippen LogP contribution >= 0.6 is 0 Å². The molecule has 1 aliphatic carbocycles. The Labute approximate surface area is 70.9 Å². The Morgan fingerprint density at radius 1 is 1.08 bits per heavy atom. The molecule has 0 bridgehead atoms. The third kappa shape index (κ3) is 1.94. The van der Waals surface area contributed by atoms with E-state index in [-0.39, 0.29) is 5.25 Å². The quantitative estimate of drug-likeness (QED) is 0.679. The van der Waals surface area contributed by atoms with E-state index in [1.54, 1.807) is 0 Å². The molecular weight excluding hydrogens is 186 g/mol. The zero-order valence-electron chi connectivity index (χ0n) is 6.59. The summed E-state index contributed by atoms with van der Waals surface area (Å²) in [4.78, 5) is 0. The van der Waals surface area contributed by atoms with E-state index in [0.717, 1.165) is 19.3 Å². The highest BCUT2D eigenvalue weighted by atomic mass is 32.2. The van der Waals surface area contributed by atoms with E-state index in [4.69, 9.17) is 0 Å². The second kappa shape index (κ2) is 3.68. The first-order valence-corrected chi connectivity index (χ1v) is 5.46. The molecule has 1 radical (unpaired) electrons. The number of alkyl halides is 2. The highest BCUT2D eigenvalue weighted by Gasteiger charge is 2.35. The predicted molar refractivity (Wildman–Crippen MR) is 41.3 cm³/mol. The minimum Gasteiger partial charge on any atom is -0.222 e. The van der Waals surface area contributed by atoms with E-state index in [1.165, 1.54) is 0 Å². The summed E-state index contributed by atoms with van der Waals surface area (Å²) in [6.07, 6.45) is 3.05. The molecule has 0 N–H and O–H groups in total. The Bertz CT molecular complexity index is 230. The van der Waals surface area contributed by atoms with Crippen molar-refractivity contribution in [2.75, 3.05) is 0 Å². The number of hydrogen-bond acceptors (Lipinski definition) is 2. The number of halogens is 2. The van der Waals surface area contributed by atoms with Crippen molar-refractivity contribution in [1.82, 2.24) is 0 Å². The lowest BCUT2D eigenvalue weighted by Crippen LogP contribution is -2.22. The minimum atomic E-state index is -4.22. The van der Waals surface area contributed by atoms with Gasteiger partial charge in [0, 0.05) is 0 Å². The Morgan fingerprint density at radius 3 is 2.00 bits per heavy atom. The third-order valence-corrected chi connectivity index (χ3v) is 3.73. The normalized spacial score (nSPS) is 21.6. The first-order chi connectivity index (χ1) is 5.55. The average molecular weight is 197 g/mol. The van der Waals surface area contributed by atoms with Gasteiger partial charge >= 0.3 is 5.76 Å². The van der Waals surface area contributed by atoms with Crippen LogP contribution in [0.25, 0.3) is 0 Å². The average Bonchev–Trinajstić information content (AvgIpc) is 2.06. The highest BCUT2D eigenvalue weighted by Crippen LogP contribution is 2.33. The molecule has 0 saturated heterocycles. The lowest BCUT2D eigenvalue weighted by Gasteiger charge is -2.19. The van der Waals surface area contributed by atoms with Crippen LogP contribution < -0.4 is 0 Å². The van der Waals surface area contributed by atoms with Gasteiger partial charge in [0.05, 0.1) is 5.25 Å². The van der Waals surface area contributed by atoms with Crippen molar-refractivity contribution in [3.05, 3.63) is 5.25 Å². The van der Waals surface area contributed by atoms with Crippen molar-refractivity contribution in [3.63, 3.8) is 0 Å². The largest absolute Gasteiger partial charge is 0.337 e. The molecule has 12 heavy (non-hydrogen) atoms. The second-order valence-electron chi connectivity index (χ2n) is 2.90. The van der Waals surface area contributed by atoms with Gasteiger partial charge in [0.25, 0.3) is 0 Å². The molecule has 0 heterocycles. The zero-order chi connectivity index (χ0) is 9.19. The smallest absolute Gasteiger partial charge is 0.222 e. The van der Waals surface area contributed by atoms with E-state index in [1.807, 2.05) is 0 Å². The molecule has 0 amide bonds. The standard InChI is InChI=1S/C7H11F2O2S/c8-7(9)12(10,11)6-4-2-1-3-5-6/h7H,1-5H2. The summed E-state index contributed by atoms with van der Waals surface area (Å²) in [5.74, 6) is -3.23. The van der Waals surface area contributed by atoms with Gasteiger partial charge in [0.15, 0.2) is 0 Å². The molecule has 0 atom stereocenters. The van der Waals surface area contributed by atoms with Crippen LogP contribution in [-0.4, -0.2) is 14.2 Å². The van der Waals surface area contributed by atoms with Gasteiger partial charge in [0.1, 0.15) is 0 Å². The predicted octanol–water partition coefficient (Wildman–Crippen LogP) is 2.12. The summed E-state index contributed by atoms with van der Waals surface area (Å²) in [6.45, 7) is 0. The van der Waals surface area contributed by atoms with Crippen molar-refractivity contribution < 1.29 is 17.2 Å². The van der Waals surface area contributed by atoms with Crippen LogP contribution in [0.1, 0.15) is 32.1 Å². The highest BCUT2D eigenvalue weighted by molar-refractivity contribution is 7.94. The lowest BCUT2D eigenvalue weighted by atomic mass is 10.0. The maximum atomic E-state index is 12.0. The molecular formula is C7H11F2O2S. The fourth-order valence-corrected chi connectivity index (χ4v) is 2.47. The van der Waals surface area contributed by atoms with E-state index in [0.29, 0.717) is 12.8 Å². The lowest BCUT2D eigenvalue weighted by molar-refractivity contribution is 0.234. The van der Waals surface area contributed by atoms with Gasteiger partial charge in [-0.1, -0.05) is 19.3 Å². The number of rotatable bonds is 2. The summed E-state index contributed by atoms with van der Waals surface area (Å²) >= 11 is 0. The number of hydrogen-bond donors (Lipinski definition) is 0. The van der Waals surface area contributed by atoms with Crippen LogP contribution in [0.3, 0.4) is 0 Å². The summed E-state index contributed by atoms with van der Waals surface area (Å²) in [5.41, 5.74) is 0. The maximum Gasteiger partial charge on any atom is 0.337 e. The molecule has 0 aromatic heterocycles. The van der Waals surface area contributed by atoms with Crippen molar-refractivity contribution >= 4 is 9.84 Å². The number of sulfone groups is 1. The van der Waals surface area contributed by atoms with Gasteiger partial charge in [-0.2, -0.15) is 8.78 Å². The first-order valence-electron chi connectivity index (χ1n) is 3.92. The van der Waals surface area contributed by atoms with Crippen LogP contribution in [0.15, 0.2) is 0 Å². The van der Waals surface area contributed by atoms with Crippen LogP contribution in [0.4, 0.5) is 8.78 Å². The molecule has 0 aromatic carbocycles. The SMILES string of the molecule is O=S(=O)([C]1CCCCC1)C(F)F. The van der Waals surface area contributed by atoms with E-state index in [9.17, 15) is 17.2 Å². The molecule has 1 saturated carbocycles. The second-order valence-corrected chi connectivity index (χ2v) is 4.93. The Kier molecular flexibility index (Phi) is 3.04. The fraction of sp³-hybridized carbons (Fsp3) is 0.857. The van der Waals surface area contributed by atoms with E-state index < -0.39 is 15.6 Å². The van der Waals surface area contributed by atoms with Gasteiger partial charge in [-0.25, -0.2) is 8.42 Å². The molecule has 1 aliphatic rings. The summed E-state index contributed by atoms with van der Waals surface area (Å²) in [7, 11) is -4.22. The summed E-state index contributed by atoms with van der Waals surface area (Å²) < 4.78 is 45.8. The van der Waals surface area contributed by atoms with Crippen molar-refractivity contribution in [1.29, 1.82) is 0 Å². The van der Waals surface area contributed by atoms with Crippen molar-refractivity contribution in [2.45, 2.75) is 37.9 Å². The van der Waals surface area contributed by atoms with Crippen LogP contribution in [0.2, 0.25) is 0 Å². The molecule has 0 unspecified atom stereocenters. The Balaban J connectivity index is 2.67. The van der Waals surface area contributed by atoms with Crippen LogP contribution in [0.5, 0.6) is 0 Å². The van der Waals surface area contributed by atoms with Gasteiger partial charge in [-0.3, -0.25) is 0 Å². The van der Waals surface area contributed by atoms with Gasteiger partial charge < -0.3 is 0 Å². The van der Waals surface area contributed by atoms with Gasteiger partial charge in [-0.05, 0) is 12.8 Å². The Morgan fingerprint density at radius 2 is 1.58 bits per heavy atom. The first kappa shape index (κ1) is 9.89. The topological polar surface area (TPSA) is 34.1 Å². The molecule has 0 aliphatic heterocycles. The summed E-state index contributed by atoms with van der Waals surface area (Å²) in [5, 5.41) is 0.0451. The Hall–Kier alpha value is -0.190. The molecule has 71 valence electrons. The fourth-order valence-electron chi connectivity index (χ4n) is 1.36. The molecule has 0 spiro atoms. The molecule has 5 heteroatoms. The molecule has 0 aromatic rings. The monoisotopic (exact) mass is 197 g/mol. The van der Waals surface area contributed by atoms with Crippen LogP contribution in [-0.2, 0) is 9.84 Å². The van der Waals surface area contributed by atoms with Crippen molar-refractivity contribution in [2.24, 2.45) is 0 Å². The molecule has 2 nitrogen and oxygen atoms in total. The molecule has 1 rings (SSSR count). The van der Waals surface area contributed by atoms with Gasteiger partial charge in [-0.15, -0.1) is 0 Å². The van der Waals surface area contributed by atoms with E-state index >= 15 is 0 Å². The zero-order valence-corrected chi connectivity index (χ0v) is 7.41.